The van der Waals surface area contributed by atoms with E-state index in [4.69, 9.17) is 5.73 Å². The average molecular weight is 284 g/mol. The molecular formula is C14H24N2O2S. The van der Waals surface area contributed by atoms with Crippen molar-refractivity contribution in [1.82, 2.24) is 4.31 Å². The minimum atomic E-state index is -3.36. The van der Waals surface area contributed by atoms with Crippen molar-refractivity contribution in [1.29, 1.82) is 0 Å². The van der Waals surface area contributed by atoms with Gasteiger partial charge in [0.25, 0.3) is 0 Å². The molecule has 0 aliphatic heterocycles. The summed E-state index contributed by atoms with van der Waals surface area (Å²) in [6.07, 6.45) is 1.63. The Balaban J connectivity index is 2.81. The maximum atomic E-state index is 12.3. The first-order chi connectivity index (χ1) is 8.87. The first-order valence-corrected chi connectivity index (χ1v) is 8.07. The molecule has 0 unspecified atom stereocenters. The third-order valence-electron chi connectivity index (χ3n) is 3.09. The lowest BCUT2D eigenvalue weighted by molar-refractivity contribution is 0.428. The fourth-order valence-corrected chi connectivity index (χ4v) is 2.92. The van der Waals surface area contributed by atoms with Crippen molar-refractivity contribution in [2.45, 2.75) is 31.6 Å². The summed E-state index contributed by atoms with van der Waals surface area (Å²) in [5.41, 5.74) is 6.54. The number of nitrogens with two attached hydrogens (primary N) is 1. The standard InChI is InChI=1S/C14H24N2O2S/c1-12(2)9-11-16(3)19(17,18)14-6-4-13(5-7-14)8-10-15/h4-7,12H,8-11,15H2,1-3H3. The third-order valence-corrected chi connectivity index (χ3v) is 4.96. The number of hydrogen-bond donors (Lipinski definition) is 1. The van der Waals surface area contributed by atoms with E-state index in [1.54, 1.807) is 19.2 Å². The Morgan fingerprint density at radius 1 is 1.21 bits per heavy atom. The van der Waals surface area contributed by atoms with Crippen molar-refractivity contribution in [3.63, 3.8) is 0 Å². The molecule has 19 heavy (non-hydrogen) atoms. The molecule has 4 nitrogen and oxygen atoms in total. The summed E-state index contributed by atoms with van der Waals surface area (Å²) < 4.78 is 26.1. The third kappa shape index (κ3) is 4.60. The minimum absolute atomic E-state index is 0.347. The molecule has 1 aromatic carbocycles. The molecule has 0 heterocycles. The molecule has 0 bridgehead atoms. The zero-order valence-electron chi connectivity index (χ0n) is 12.0. The highest BCUT2D eigenvalue weighted by Gasteiger charge is 2.20. The van der Waals surface area contributed by atoms with E-state index >= 15 is 0 Å². The molecule has 1 aromatic rings. The van der Waals surface area contributed by atoms with E-state index in [9.17, 15) is 8.42 Å². The first kappa shape index (κ1) is 16.1. The van der Waals surface area contributed by atoms with Crippen molar-refractivity contribution in [2.75, 3.05) is 20.1 Å². The van der Waals surface area contributed by atoms with Crippen LogP contribution in [-0.4, -0.2) is 32.9 Å². The molecule has 108 valence electrons. The van der Waals surface area contributed by atoms with Crippen LogP contribution in [0.2, 0.25) is 0 Å². The van der Waals surface area contributed by atoms with Crippen LogP contribution in [0, 0.1) is 5.92 Å². The molecule has 0 radical (unpaired) electrons. The molecule has 0 saturated heterocycles. The molecule has 1 rings (SSSR count). The predicted molar refractivity (Wildman–Crippen MR) is 78.5 cm³/mol. The van der Waals surface area contributed by atoms with Crippen molar-refractivity contribution >= 4 is 10.0 Å². The lowest BCUT2D eigenvalue weighted by Crippen LogP contribution is -2.28. The molecule has 0 aromatic heterocycles. The van der Waals surface area contributed by atoms with Crippen molar-refractivity contribution in [3.8, 4) is 0 Å². The smallest absolute Gasteiger partial charge is 0.242 e. The first-order valence-electron chi connectivity index (χ1n) is 6.63. The summed E-state index contributed by atoms with van der Waals surface area (Å²) in [6.45, 7) is 5.29. The second-order valence-electron chi connectivity index (χ2n) is 5.19. The van der Waals surface area contributed by atoms with E-state index in [-0.39, 0.29) is 0 Å². The van der Waals surface area contributed by atoms with Gasteiger partial charge in [-0.25, -0.2) is 12.7 Å². The zero-order chi connectivity index (χ0) is 14.5. The second kappa shape index (κ2) is 7.03. The maximum absolute atomic E-state index is 12.3. The van der Waals surface area contributed by atoms with Crippen LogP contribution in [0.15, 0.2) is 29.2 Å². The summed E-state index contributed by atoms with van der Waals surface area (Å²) in [5.74, 6) is 0.490. The normalized spacial score (nSPS) is 12.3. The Bertz CT molecular complexity index is 481. The monoisotopic (exact) mass is 284 g/mol. The van der Waals surface area contributed by atoms with Gasteiger partial charge in [-0.1, -0.05) is 26.0 Å². The fourth-order valence-electron chi connectivity index (χ4n) is 1.73. The Morgan fingerprint density at radius 2 is 1.79 bits per heavy atom. The Morgan fingerprint density at radius 3 is 2.26 bits per heavy atom. The van der Waals surface area contributed by atoms with Gasteiger partial charge in [0.15, 0.2) is 0 Å². The van der Waals surface area contributed by atoms with E-state index in [1.807, 2.05) is 12.1 Å². The molecule has 0 aliphatic carbocycles. The van der Waals surface area contributed by atoms with E-state index in [0.717, 1.165) is 18.4 Å². The van der Waals surface area contributed by atoms with Gasteiger partial charge in [0.05, 0.1) is 4.90 Å². The van der Waals surface area contributed by atoms with Gasteiger partial charge < -0.3 is 5.73 Å². The number of rotatable bonds is 7. The van der Waals surface area contributed by atoms with E-state index in [0.29, 0.717) is 23.9 Å². The van der Waals surface area contributed by atoms with Gasteiger partial charge in [0.1, 0.15) is 0 Å². The van der Waals surface area contributed by atoms with Crippen LogP contribution in [0.3, 0.4) is 0 Å². The SMILES string of the molecule is CC(C)CCN(C)S(=O)(=O)c1ccc(CCN)cc1. The average Bonchev–Trinajstić information content (AvgIpc) is 2.36. The van der Waals surface area contributed by atoms with Crippen molar-refractivity contribution in [2.24, 2.45) is 11.7 Å². The van der Waals surface area contributed by atoms with Crippen LogP contribution < -0.4 is 5.73 Å². The summed E-state index contributed by atoms with van der Waals surface area (Å²) in [5, 5.41) is 0. The number of sulfonamides is 1. The number of hydrogen-bond acceptors (Lipinski definition) is 3. The molecule has 0 amide bonds. The second-order valence-corrected chi connectivity index (χ2v) is 7.24. The lowest BCUT2D eigenvalue weighted by atomic mass is 10.1. The predicted octanol–water partition coefficient (Wildman–Crippen LogP) is 1.85. The van der Waals surface area contributed by atoms with Crippen molar-refractivity contribution < 1.29 is 8.42 Å². The molecule has 0 atom stereocenters. The fraction of sp³-hybridized carbons (Fsp3) is 0.571. The Hall–Kier alpha value is -0.910. The van der Waals surface area contributed by atoms with Gasteiger partial charge in [0, 0.05) is 13.6 Å². The van der Waals surface area contributed by atoms with Crippen LogP contribution in [-0.2, 0) is 16.4 Å². The molecule has 0 aliphatic rings. The van der Waals surface area contributed by atoms with Gasteiger partial charge >= 0.3 is 0 Å². The van der Waals surface area contributed by atoms with Gasteiger partial charge in [-0.3, -0.25) is 0 Å². The van der Waals surface area contributed by atoms with E-state index in [1.165, 1.54) is 4.31 Å². The number of benzene rings is 1. The van der Waals surface area contributed by atoms with Crippen LogP contribution >= 0.6 is 0 Å². The summed E-state index contributed by atoms with van der Waals surface area (Å²) in [6, 6.07) is 6.98. The molecule has 0 saturated carbocycles. The van der Waals surface area contributed by atoms with Crippen LogP contribution in [0.5, 0.6) is 0 Å². The van der Waals surface area contributed by atoms with Crippen molar-refractivity contribution in [3.05, 3.63) is 29.8 Å². The van der Waals surface area contributed by atoms with Crippen LogP contribution in [0.1, 0.15) is 25.8 Å². The lowest BCUT2D eigenvalue weighted by Gasteiger charge is -2.18. The summed E-state index contributed by atoms with van der Waals surface area (Å²) in [7, 11) is -1.73. The van der Waals surface area contributed by atoms with E-state index in [2.05, 4.69) is 13.8 Å². The van der Waals surface area contributed by atoms with Gasteiger partial charge in [-0.15, -0.1) is 0 Å². The molecule has 2 N–H and O–H groups in total. The summed E-state index contributed by atoms with van der Waals surface area (Å²) in [4.78, 5) is 0.347. The largest absolute Gasteiger partial charge is 0.330 e. The van der Waals surface area contributed by atoms with Gasteiger partial charge in [-0.2, -0.15) is 0 Å². The number of nitrogens with zero attached hydrogens (tertiary/aromatic N) is 1. The van der Waals surface area contributed by atoms with Gasteiger partial charge in [-0.05, 0) is 43.0 Å². The highest BCUT2D eigenvalue weighted by atomic mass is 32.2. The van der Waals surface area contributed by atoms with Gasteiger partial charge in [0.2, 0.25) is 10.0 Å². The Kier molecular flexibility index (Phi) is 5.97. The quantitative estimate of drug-likeness (QED) is 0.831. The maximum Gasteiger partial charge on any atom is 0.242 e. The molecular weight excluding hydrogens is 260 g/mol. The highest BCUT2D eigenvalue weighted by Crippen LogP contribution is 2.16. The summed E-state index contributed by atoms with van der Waals surface area (Å²) >= 11 is 0. The van der Waals surface area contributed by atoms with Crippen LogP contribution in [0.4, 0.5) is 0 Å². The molecule has 5 heteroatoms. The molecule has 0 spiro atoms. The molecule has 0 fully saturated rings. The topological polar surface area (TPSA) is 63.4 Å². The highest BCUT2D eigenvalue weighted by molar-refractivity contribution is 7.89. The van der Waals surface area contributed by atoms with Crippen LogP contribution in [0.25, 0.3) is 0 Å². The minimum Gasteiger partial charge on any atom is -0.330 e. The van der Waals surface area contributed by atoms with E-state index < -0.39 is 10.0 Å². The zero-order valence-corrected chi connectivity index (χ0v) is 12.8. The Labute approximate surface area is 116 Å².